The van der Waals surface area contributed by atoms with Crippen LogP contribution < -0.4 is 15.1 Å². The number of alkyl halides is 4. The summed E-state index contributed by atoms with van der Waals surface area (Å²) in [6.07, 6.45) is 0.180. The van der Waals surface area contributed by atoms with Crippen molar-refractivity contribution in [1.82, 2.24) is 9.97 Å². The molecule has 1 N–H and O–H groups in total. The first-order chi connectivity index (χ1) is 16.4. The van der Waals surface area contributed by atoms with Crippen LogP contribution in [0.5, 0.6) is 0 Å². The van der Waals surface area contributed by atoms with Crippen molar-refractivity contribution in [3.05, 3.63) is 39.1 Å². The zero-order valence-electron chi connectivity index (χ0n) is 19.4. The molecule has 1 aliphatic carbocycles. The zero-order chi connectivity index (χ0) is 25.2. The molecule has 2 bridgehead atoms. The minimum Gasteiger partial charge on any atom is -0.362 e. The van der Waals surface area contributed by atoms with Gasteiger partial charge in [0.2, 0.25) is 5.95 Å². The number of carbonyl (C=O) groups excluding carboxylic acids is 1. The molecule has 1 aromatic heterocycles. The van der Waals surface area contributed by atoms with E-state index in [1.165, 1.54) is 0 Å². The maximum Gasteiger partial charge on any atom is 0.273 e. The molecule has 2 aromatic rings. The molecular weight excluding hydrogens is 577 g/mol. The van der Waals surface area contributed by atoms with Crippen molar-refractivity contribution < 1.29 is 22.4 Å². The Kier molecular flexibility index (Phi) is 5.92. The lowest BCUT2D eigenvalue weighted by atomic mass is 9.58. The van der Waals surface area contributed by atoms with Crippen molar-refractivity contribution in [3.8, 4) is 0 Å². The van der Waals surface area contributed by atoms with Gasteiger partial charge in [-0.2, -0.15) is 4.98 Å². The molecular formula is C24H26F4IN5O. The summed E-state index contributed by atoms with van der Waals surface area (Å²) >= 11 is 2.11. The second-order valence-corrected chi connectivity index (χ2v) is 11.2. The SMILES string of the molecule is Cc1cc(NC(=O)c2ccc(I)cc2N2CCC3(C)CC2C3(F)F)nc(N2CCC(F)(F)CC2)n1. The number of aromatic nitrogens is 2. The highest BCUT2D eigenvalue weighted by molar-refractivity contribution is 14.1. The Hall–Kier alpha value is -2.18. The third-order valence-electron chi connectivity index (χ3n) is 7.52. The molecule has 3 aliphatic heterocycles. The molecule has 6 nitrogen and oxygen atoms in total. The molecule has 11 heteroatoms. The molecule has 1 aromatic carbocycles. The van der Waals surface area contributed by atoms with Gasteiger partial charge in [-0.3, -0.25) is 4.79 Å². The minimum absolute atomic E-state index is 0.120. The number of nitrogens with one attached hydrogen (secondary N) is 1. The van der Waals surface area contributed by atoms with Gasteiger partial charge in [-0.1, -0.05) is 6.92 Å². The van der Waals surface area contributed by atoms with Crippen molar-refractivity contribution in [1.29, 1.82) is 0 Å². The first kappa shape index (κ1) is 24.5. The zero-order valence-corrected chi connectivity index (χ0v) is 21.6. The third kappa shape index (κ3) is 4.33. The predicted octanol–water partition coefficient (Wildman–Crippen LogP) is 5.50. The van der Waals surface area contributed by atoms with Gasteiger partial charge < -0.3 is 15.1 Å². The van der Waals surface area contributed by atoms with Crippen LogP contribution in [0.2, 0.25) is 0 Å². The Morgan fingerprint density at radius 1 is 1.09 bits per heavy atom. The summed E-state index contributed by atoms with van der Waals surface area (Å²) in [6.45, 7) is 4.05. The monoisotopic (exact) mass is 603 g/mol. The summed E-state index contributed by atoms with van der Waals surface area (Å²) in [5.41, 5.74) is 0.360. The van der Waals surface area contributed by atoms with Gasteiger partial charge in [0.05, 0.1) is 17.3 Å². The molecule has 4 heterocycles. The number of hydrogen-bond donors (Lipinski definition) is 1. The number of piperidine rings is 3. The van der Waals surface area contributed by atoms with Crippen LogP contribution in [0, 0.1) is 15.9 Å². The van der Waals surface area contributed by atoms with E-state index in [0.29, 0.717) is 30.8 Å². The van der Waals surface area contributed by atoms with Gasteiger partial charge in [-0.15, -0.1) is 0 Å². The second kappa shape index (κ2) is 8.45. The van der Waals surface area contributed by atoms with Crippen molar-refractivity contribution in [2.45, 2.75) is 57.4 Å². The number of aryl methyl sites for hydroxylation is 1. The van der Waals surface area contributed by atoms with Crippen LogP contribution in [-0.4, -0.2) is 53.4 Å². The summed E-state index contributed by atoms with van der Waals surface area (Å²) in [7, 11) is 0. The van der Waals surface area contributed by atoms with E-state index in [1.807, 2.05) is 0 Å². The van der Waals surface area contributed by atoms with E-state index in [9.17, 15) is 22.4 Å². The molecule has 4 aliphatic rings. The van der Waals surface area contributed by atoms with Crippen LogP contribution in [0.4, 0.5) is 35.0 Å². The lowest BCUT2D eigenvalue weighted by molar-refractivity contribution is -0.227. The number of benzene rings is 1. The van der Waals surface area contributed by atoms with Gasteiger partial charge in [-0.25, -0.2) is 22.5 Å². The first-order valence-electron chi connectivity index (χ1n) is 11.6. The Morgan fingerprint density at radius 3 is 2.46 bits per heavy atom. The van der Waals surface area contributed by atoms with E-state index in [0.717, 1.165) is 3.57 Å². The summed E-state index contributed by atoms with van der Waals surface area (Å²) in [4.78, 5) is 25.4. The second-order valence-electron chi connectivity index (χ2n) is 10.0. The lowest BCUT2D eigenvalue weighted by Gasteiger charge is -2.62. The predicted molar refractivity (Wildman–Crippen MR) is 134 cm³/mol. The van der Waals surface area contributed by atoms with Crippen LogP contribution in [0.25, 0.3) is 0 Å². The number of fused-ring (bicyclic) bond motifs is 2. The van der Waals surface area contributed by atoms with Crippen LogP contribution >= 0.6 is 22.6 Å². The molecule has 0 spiro atoms. The van der Waals surface area contributed by atoms with Crippen LogP contribution in [0.3, 0.4) is 0 Å². The van der Waals surface area contributed by atoms with Crippen LogP contribution in [0.1, 0.15) is 48.7 Å². The van der Waals surface area contributed by atoms with Gasteiger partial charge in [0, 0.05) is 53.2 Å². The lowest BCUT2D eigenvalue weighted by Crippen LogP contribution is -2.72. The molecule has 6 rings (SSSR count). The molecule has 188 valence electrons. The molecule has 4 fully saturated rings. The van der Waals surface area contributed by atoms with E-state index < -0.39 is 29.2 Å². The van der Waals surface area contributed by atoms with Crippen LogP contribution in [-0.2, 0) is 0 Å². The maximum absolute atomic E-state index is 14.8. The van der Waals surface area contributed by atoms with Gasteiger partial charge in [0.15, 0.2) is 0 Å². The molecule has 35 heavy (non-hydrogen) atoms. The fraction of sp³-hybridized carbons (Fsp3) is 0.542. The summed E-state index contributed by atoms with van der Waals surface area (Å²) in [5.74, 6) is -5.46. The molecule has 0 radical (unpaired) electrons. The third-order valence-corrected chi connectivity index (χ3v) is 8.19. The fourth-order valence-corrected chi connectivity index (χ4v) is 5.73. The van der Waals surface area contributed by atoms with Gasteiger partial charge >= 0.3 is 0 Å². The largest absolute Gasteiger partial charge is 0.362 e. The highest BCUT2D eigenvalue weighted by atomic mass is 127. The summed E-state index contributed by atoms with van der Waals surface area (Å²) < 4.78 is 57.6. The van der Waals surface area contributed by atoms with Crippen molar-refractivity contribution >= 4 is 46.0 Å². The van der Waals surface area contributed by atoms with Gasteiger partial charge in [0.25, 0.3) is 17.8 Å². The quantitative estimate of drug-likeness (QED) is 0.370. The van der Waals surface area contributed by atoms with E-state index >= 15 is 0 Å². The topological polar surface area (TPSA) is 61.4 Å². The molecule has 2 atom stereocenters. The number of carbonyl (C=O) groups is 1. The number of rotatable bonds is 4. The van der Waals surface area contributed by atoms with Gasteiger partial charge in [-0.05, 0) is 60.6 Å². The standard InChI is InChI=1S/C24H26F4IN5O/c1-14-11-19(32-21(30-14)33-8-6-23(25,26)7-9-33)31-20(35)16-4-3-15(29)12-17(16)34-10-5-22(2)13-18(34)24(22,27)28/h3-4,11-12,18H,5-10,13H2,1-2H3,(H,30,31,32,35). The fourth-order valence-electron chi connectivity index (χ4n) is 5.26. The average Bonchev–Trinajstić information content (AvgIpc) is 2.78. The Morgan fingerprint density at radius 2 is 1.80 bits per heavy atom. The molecule has 3 saturated heterocycles. The average molecular weight is 603 g/mol. The van der Waals surface area contributed by atoms with E-state index in [1.54, 1.807) is 47.9 Å². The Balaban J connectivity index is 1.39. The van der Waals surface area contributed by atoms with E-state index in [4.69, 9.17) is 0 Å². The van der Waals surface area contributed by atoms with E-state index in [-0.39, 0.29) is 43.3 Å². The van der Waals surface area contributed by atoms with Crippen molar-refractivity contribution in [2.75, 3.05) is 34.8 Å². The highest BCUT2D eigenvalue weighted by Gasteiger charge is 2.70. The summed E-state index contributed by atoms with van der Waals surface area (Å²) in [6, 6.07) is 5.82. The smallest absolute Gasteiger partial charge is 0.273 e. The first-order valence-corrected chi connectivity index (χ1v) is 12.7. The minimum atomic E-state index is -2.82. The number of halogens is 5. The Bertz CT molecular complexity index is 1160. The maximum atomic E-state index is 14.8. The molecule has 1 amide bonds. The van der Waals surface area contributed by atoms with Crippen LogP contribution in [0.15, 0.2) is 24.3 Å². The summed E-state index contributed by atoms with van der Waals surface area (Å²) in [5, 5.41) is 2.77. The molecule has 2 unspecified atom stereocenters. The molecule has 1 saturated carbocycles. The number of anilines is 3. The highest BCUT2D eigenvalue weighted by Crippen LogP contribution is 2.61. The number of amides is 1. The van der Waals surface area contributed by atoms with Crippen molar-refractivity contribution in [2.24, 2.45) is 5.41 Å². The van der Waals surface area contributed by atoms with E-state index in [2.05, 4.69) is 37.9 Å². The Labute approximate surface area is 214 Å². The number of nitrogens with zero attached hydrogens (tertiary/aromatic N) is 4. The van der Waals surface area contributed by atoms with Gasteiger partial charge in [0.1, 0.15) is 5.82 Å². The van der Waals surface area contributed by atoms with Crippen molar-refractivity contribution in [3.63, 3.8) is 0 Å². The normalized spacial score (nSPS) is 26.8. The number of hydrogen-bond acceptors (Lipinski definition) is 5.